The lowest BCUT2D eigenvalue weighted by Crippen LogP contribution is -2.27. The number of rotatable bonds is 5. The van der Waals surface area contributed by atoms with Gasteiger partial charge in [0.05, 0.1) is 5.56 Å². The van der Waals surface area contributed by atoms with Crippen LogP contribution in [0.1, 0.15) is 35.8 Å². The van der Waals surface area contributed by atoms with Gasteiger partial charge in [0.15, 0.2) is 0 Å². The lowest BCUT2D eigenvalue weighted by atomic mass is 10.2. The van der Waals surface area contributed by atoms with E-state index in [0.717, 1.165) is 5.56 Å². The van der Waals surface area contributed by atoms with E-state index in [1.165, 1.54) is 0 Å². The highest BCUT2D eigenvalue weighted by molar-refractivity contribution is 7.89. The van der Waals surface area contributed by atoms with Gasteiger partial charge in [-0.3, -0.25) is 4.98 Å². The van der Waals surface area contributed by atoms with E-state index in [1.54, 1.807) is 46.2 Å². The average Bonchev–Trinajstić information content (AvgIpc) is 3.10. The molecule has 2 N–H and O–H groups in total. The molecule has 0 saturated heterocycles. The van der Waals surface area contributed by atoms with Crippen LogP contribution in [0, 0.1) is 20.8 Å². The van der Waals surface area contributed by atoms with Crippen LogP contribution < -0.4 is 4.72 Å². The normalized spacial score (nSPS) is 13.1. The lowest BCUT2D eigenvalue weighted by Gasteiger charge is -2.15. The topological polar surface area (TPSA) is 114 Å². The fourth-order valence-electron chi connectivity index (χ4n) is 2.74. The molecule has 9 heteroatoms. The van der Waals surface area contributed by atoms with E-state index in [9.17, 15) is 8.42 Å². The standard InChI is InChI=1S/C16H19N5O3S/c1-9(13-6-5-7-17-8-13)21-25(22,23)15-11(3)18-10(2)14(15)16-20-19-12(4)24-16/h5-9,18,21H,1-4H3. The number of hydrogen-bond donors (Lipinski definition) is 2. The molecule has 3 aromatic rings. The largest absolute Gasteiger partial charge is 0.421 e. The minimum atomic E-state index is -3.82. The van der Waals surface area contributed by atoms with Crippen molar-refractivity contribution in [1.82, 2.24) is 24.9 Å². The second kappa shape index (κ2) is 6.41. The molecular weight excluding hydrogens is 342 g/mol. The van der Waals surface area contributed by atoms with Gasteiger partial charge in [-0.1, -0.05) is 6.07 Å². The summed E-state index contributed by atoms with van der Waals surface area (Å²) in [6.45, 7) is 6.89. The molecule has 0 amide bonds. The van der Waals surface area contributed by atoms with Gasteiger partial charge in [0, 0.05) is 36.7 Å². The molecule has 0 aliphatic heterocycles. The molecule has 3 heterocycles. The van der Waals surface area contributed by atoms with Gasteiger partial charge in [-0.2, -0.15) is 0 Å². The van der Waals surface area contributed by atoms with E-state index in [1.807, 2.05) is 6.07 Å². The molecule has 0 aromatic carbocycles. The van der Waals surface area contributed by atoms with Gasteiger partial charge in [0.2, 0.25) is 15.9 Å². The Morgan fingerprint density at radius 3 is 2.56 bits per heavy atom. The summed E-state index contributed by atoms with van der Waals surface area (Å²) < 4.78 is 34.1. The molecule has 0 saturated carbocycles. The molecule has 25 heavy (non-hydrogen) atoms. The van der Waals surface area contributed by atoms with Crippen molar-refractivity contribution in [3.8, 4) is 11.5 Å². The number of aromatic amines is 1. The van der Waals surface area contributed by atoms with Crippen LogP contribution in [0.2, 0.25) is 0 Å². The minimum absolute atomic E-state index is 0.115. The molecule has 8 nitrogen and oxygen atoms in total. The highest BCUT2D eigenvalue weighted by Gasteiger charge is 2.30. The molecule has 1 unspecified atom stereocenters. The van der Waals surface area contributed by atoms with Crippen LogP contribution in [-0.2, 0) is 10.0 Å². The molecule has 132 valence electrons. The van der Waals surface area contributed by atoms with Crippen LogP contribution in [0.3, 0.4) is 0 Å². The van der Waals surface area contributed by atoms with E-state index in [-0.39, 0.29) is 10.8 Å². The van der Waals surface area contributed by atoms with Gasteiger partial charge in [-0.15, -0.1) is 10.2 Å². The zero-order chi connectivity index (χ0) is 18.2. The number of nitrogens with one attached hydrogen (secondary N) is 2. The van der Waals surface area contributed by atoms with E-state index in [2.05, 4.69) is 24.9 Å². The Morgan fingerprint density at radius 1 is 1.20 bits per heavy atom. The van der Waals surface area contributed by atoms with Gasteiger partial charge in [0.1, 0.15) is 4.90 Å². The third-order valence-electron chi connectivity index (χ3n) is 3.84. The number of sulfonamides is 1. The Balaban J connectivity index is 2.03. The molecule has 3 rings (SSSR count). The summed E-state index contributed by atoms with van der Waals surface area (Å²) in [7, 11) is -3.82. The Kier molecular flexibility index (Phi) is 4.44. The number of H-pyrrole nitrogens is 1. The van der Waals surface area contributed by atoms with E-state index >= 15 is 0 Å². The van der Waals surface area contributed by atoms with Crippen molar-refractivity contribution < 1.29 is 12.8 Å². The first-order valence-electron chi connectivity index (χ1n) is 7.71. The van der Waals surface area contributed by atoms with Crippen LogP contribution >= 0.6 is 0 Å². The number of nitrogens with zero attached hydrogens (tertiary/aromatic N) is 3. The summed E-state index contributed by atoms with van der Waals surface area (Å²) in [5.74, 6) is 0.544. The first kappa shape index (κ1) is 17.3. The molecule has 0 radical (unpaired) electrons. The van der Waals surface area contributed by atoms with Crippen molar-refractivity contribution in [1.29, 1.82) is 0 Å². The van der Waals surface area contributed by atoms with Crippen LogP contribution in [0.15, 0.2) is 33.8 Å². The molecule has 3 aromatic heterocycles. The van der Waals surface area contributed by atoms with E-state index in [4.69, 9.17) is 4.42 Å². The average molecular weight is 361 g/mol. The Bertz CT molecular complexity index is 992. The van der Waals surface area contributed by atoms with Crippen molar-refractivity contribution in [2.75, 3.05) is 0 Å². The third-order valence-corrected chi connectivity index (χ3v) is 5.55. The first-order chi connectivity index (χ1) is 11.8. The van der Waals surface area contributed by atoms with Crippen LogP contribution in [-0.4, -0.2) is 28.6 Å². The van der Waals surface area contributed by atoms with E-state index < -0.39 is 16.1 Å². The number of hydrogen-bond acceptors (Lipinski definition) is 6. The second-order valence-corrected chi connectivity index (χ2v) is 7.49. The minimum Gasteiger partial charge on any atom is -0.421 e. The highest BCUT2D eigenvalue weighted by Crippen LogP contribution is 2.33. The van der Waals surface area contributed by atoms with Gasteiger partial charge in [-0.25, -0.2) is 13.1 Å². The van der Waals surface area contributed by atoms with Gasteiger partial charge < -0.3 is 9.40 Å². The molecule has 1 atom stereocenters. The Morgan fingerprint density at radius 2 is 1.96 bits per heavy atom. The molecule has 0 aliphatic carbocycles. The first-order valence-corrected chi connectivity index (χ1v) is 9.20. The zero-order valence-corrected chi connectivity index (χ0v) is 15.2. The molecule has 0 spiro atoms. The quantitative estimate of drug-likeness (QED) is 0.721. The highest BCUT2D eigenvalue weighted by atomic mass is 32.2. The van der Waals surface area contributed by atoms with E-state index in [0.29, 0.717) is 22.8 Å². The van der Waals surface area contributed by atoms with Gasteiger partial charge in [-0.05, 0) is 32.4 Å². The monoisotopic (exact) mass is 361 g/mol. The summed E-state index contributed by atoms with van der Waals surface area (Å²) in [5.41, 5.74) is 2.32. The van der Waals surface area contributed by atoms with Gasteiger partial charge >= 0.3 is 0 Å². The zero-order valence-electron chi connectivity index (χ0n) is 14.4. The van der Waals surface area contributed by atoms with Crippen LogP contribution in [0.5, 0.6) is 0 Å². The fraction of sp³-hybridized carbons (Fsp3) is 0.312. The maximum atomic E-state index is 13.0. The summed E-state index contributed by atoms with van der Waals surface area (Å²) in [6, 6.07) is 3.14. The van der Waals surface area contributed by atoms with Gasteiger partial charge in [0.25, 0.3) is 5.89 Å². The number of pyridine rings is 1. The summed E-state index contributed by atoms with van der Waals surface area (Å²) >= 11 is 0. The predicted molar refractivity (Wildman–Crippen MR) is 91.3 cm³/mol. The molecule has 0 fully saturated rings. The van der Waals surface area contributed by atoms with Crippen molar-refractivity contribution in [2.45, 2.75) is 38.6 Å². The second-order valence-electron chi connectivity index (χ2n) is 5.83. The number of aryl methyl sites for hydroxylation is 3. The Hall–Kier alpha value is -2.52. The summed E-state index contributed by atoms with van der Waals surface area (Å²) in [4.78, 5) is 7.18. The smallest absolute Gasteiger partial charge is 0.250 e. The SMILES string of the molecule is Cc1nnc(-c2c(C)[nH]c(C)c2S(=O)(=O)NC(C)c2cccnc2)o1. The Labute approximate surface area is 145 Å². The summed E-state index contributed by atoms with van der Waals surface area (Å²) in [6.07, 6.45) is 3.27. The fourth-order valence-corrected chi connectivity index (χ4v) is 4.42. The summed E-state index contributed by atoms with van der Waals surface area (Å²) in [5, 5.41) is 7.75. The number of aromatic nitrogens is 4. The maximum Gasteiger partial charge on any atom is 0.250 e. The van der Waals surface area contributed by atoms with Crippen molar-refractivity contribution in [3.63, 3.8) is 0 Å². The molecule has 0 aliphatic rings. The van der Waals surface area contributed by atoms with Crippen LogP contribution in [0.25, 0.3) is 11.5 Å². The van der Waals surface area contributed by atoms with Crippen LogP contribution in [0.4, 0.5) is 0 Å². The lowest BCUT2D eigenvalue weighted by molar-refractivity contribution is 0.530. The van der Waals surface area contributed by atoms with Crippen molar-refractivity contribution in [2.24, 2.45) is 0 Å². The third kappa shape index (κ3) is 3.33. The molecule has 0 bridgehead atoms. The predicted octanol–water partition coefficient (Wildman–Crippen LogP) is 2.42. The van der Waals surface area contributed by atoms with Crippen molar-refractivity contribution >= 4 is 10.0 Å². The molecular formula is C16H19N5O3S. The maximum absolute atomic E-state index is 13.0. The van der Waals surface area contributed by atoms with Crippen molar-refractivity contribution in [3.05, 3.63) is 47.4 Å².